The molecule has 0 aliphatic carbocycles. The topological polar surface area (TPSA) is 34.9 Å². The Bertz CT molecular complexity index is 371. The number of hydrogen-bond acceptors (Lipinski definition) is 2. The SMILES string of the molecule is CCCn1c(Cl)nc(C)c(C)c1=O. The summed E-state index contributed by atoms with van der Waals surface area (Å²) in [5.41, 5.74) is 1.36. The van der Waals surface area contributed by atoms with Crippen LogP contribution in [0.1, 0.15) is 24.6 Å². The van der Waals surface area contributed by atoms with E-state index < -0.39 is 0 Å². The molecule has 0 saturated carbocycles. The van der Waals surface area contributed by atoms with Crippen LogP contribution in [0.5, 0.6) is 0 Å². The van der Waals surface area contributed by atoms with Gasteiger partial charge in [-0.05, 0) is 31.9 Å². The number of hydrogen-bond donors (Lipinski definition) is 0. The lowest BCUT2D eigenvalue weighted by molar-refractivity contribution is 0.634. The summed E-state index contributed by atoms with van der Waals surface area (Å²) in [6.07, 6.45) is 0.879. The molecule has 0 N–H and O–H groups in total. The minimum absolute atomic E-state index is 0.0284. The second-order valence-corrected chi connectivity index (χ2v) is 3.39. The summed E-state index contributed by atoms with van der Waals surface area (Å²) in [4.78, 5) is 15.7. The van der Waals surface area contributed by atoms with Crippen molar-refractivity contribution in [2.45, 2.75) is 33.7 Å². The lowest BCUT2D eigenvalue weighted by Gasteiger charge is -2.08. The molecule has 0 saturated heterocycles. The molecular weight excluding hydrogens is 188 g/mol. The first kappa shape index (κ1) is 10.3. The Balaban J connectivity index is 3.35. The van der Waals surface area contributed by atoms with Crippen LogP contribution in [0.2, 0.25) is 5.28 Å². The van der Waals surface area contributed by atoms with E-state index in [4.69, 9.17) is 11.6 Å². The van der Waals surface area contributed by atoms with Gasteiger partial charge < -0.3 is 0 Å². The highest BCUT2D eigenvalue weighted by Gasteiger charge is 2.07. The number of aryl methyl sites for hydroxylation is 1. The quantitative estimate of drug-likeness (QED) is 0.684. The third kappa shape index (κ3) is 1.91. The summed E-state index contributed by atoms with van der Waals surface area (Å²) in [5.74, 6) is 0. The fourth-order valence-electron chi connectivity index (χ4n) is 1.14. The Kier molecular flexibility index (Phi) is 3.09. The van der Waals surface area contributed by atoms with Gasteiger partial charge in [0.1, 0.15) is 0 Å². The predicted octanol–water partition coefficient (Wildman–Crippen LogP) is 1.92. The molecule has 13 heavy (non-hydrogen) atoms. The van der Waals surface area contributed by atoms with E-state index in [1.807, 2.05) is 6.92 Å². The molecule has 1 heterocycles. The van der Waals surface area contributed by atoms with E-state index in [2.05, 4.69) is 4.98 Å². The van der Waals surface area contributed by atoms with Gasteiger partial charge in [-0.25, -0.2) is 4.98 Å². The van der Waals surface area contributed by atoms with Gasteiger partial charge in [0.05, 0.1) is 0 Å². The molecule has 0 bridgehead atoms. The third-order valence-electron chi connectivity index (χ3n) is 2.04. The van der Waals surface area contributed by atoms with Crippen LogP contribution in [-0.4, -0.2) is 9.55 Å². The molecule has 3 nitrogen and oxygen atoms in total. The van der Waals surface area contributed by atoms with Crippen molar-refractivity contribution in [2.24, 2.45) is 0 Å². The largest absolute Gasteiger partial charge is 0.283 e. The van der Waals surface area contributed by atoms with Gasteiger partial charge in [0.15, 0.2) is 0 Å². The first-order valence-electron chi connectivity index (χ1n) is 4.31. The van der Waals surface area contributed by atoms with Crippen molar-refractivity contribution < 1.29 is 0 Å². The van der Waals surface area contributed by atoms with Crippen molar-refractivity contribution in [3.63, 3.8) is 0 Å². The molecule has 0 atom stereocenters. The van der Waals surface area contributed by atoms with Crippen LogP contribution in [0.25, 0.3) is 0 Å². The maximum absolute atomic E-state index is 11.6. The standard InChI is InChI=1S/C9H13ClN2O/c1-4-5-12-8(13)6(2)7(3)11-9(12)10/h4-5H2,1-3H3. The zero-order chi connectivity index (χ0) is 10.0. The maximum atomic E-state index is 11.6. The summed E-state index contributed by atoms with van der Waals surface area (Å²) < 4.78 is 1.50. The summed E-state index contributed by atoms with van der Waals surface area (Å²) in [6.45, 7) is 6.19. The molecule has 0 amide bonds. The van der Waals surface area contributed by atoms with Gasteiger partial charge in [0, 0.05) is 17.8 Å². The molecular formula is C9H13ClN2O. The molecule has 0 spiro atoms. The van der Waals surface area contributed by atoms with Gasteiger partial charge in [-0.3, -0.25) is 9.36 Å². The molecule has 72 valence electrons. The van der Waals surface area contributed by atoms with Crippen molar-refractivity contribution in [1.82, 2.24) is 9.55 Å². The molecule has 0 radical (unpaired) electrons. The van der Waals surface area contributed by atoms with Crippen LogP contribution in [-0.2, 0) is 6.54 Å². The number of aromatic nitrogens is 2. The molecule has 1 aromatic rings. The smallest absolute Gasteiger partial charge is 0.257 e. The Hall–Kier alpha value is -0.830. The van der Waals surface area contributed by atoms with Crippen LogP contribution in [0.4, 0.5) is 0 Å². The van der Waals surface area contributed by atoms with Crippen molar-refractivity contribution in [3.8, 4) is 0 Å². The summed E-state index contributed by atoms with van der Waals surface area (Å²) in [7, 11) is 0. The highest BCUT2D eigenvalue weighted by molar-refractivity contribution is 6.28. The van der Waals surface area contributed by atoms with E-state index in [1.165, 1.54) is 4.57 Å². The van der Waals surface area contributed by atoms with Crippen LogP contribution in [0, 0.1) is 13.8 Å². The number of halogens is 1. The van der Waals surface area contributed by atoms with Gasteiger partial charge in [-0.2, -0.15) is 0 Å². The van der Waals surface area contributed by atoms with Gasteiger partial charge in [-0.15, -0.1) is 0 Å². The molecule has 0 aliphatic heterocycles. The molecule has 0 aromatic carbocycles. The van der Waals surface area contributed by atoms with Gasteiger partial charge in [-0.1, -0.05) is 6.92 Å². The van der Waals surface area contributed by atoms with E-state index in [9.17, 15) is 4.79 Å². The third-order valence-corrected chi connectivity index (χ3v) is 2.33. The molecule has 0 unspecified atom stereocenters. The minimum atomic E-state index is -0.0284. The summed E-state index contributed by atoms with van der Waals surface area (Å²) in [5, 5.41) is 0.287. The number of nitrogens with zero attached hydrogens (tertiary/aromatic N) is 2. The molecule has 4 heteroatoms. The monoisotopic (exact) mass is 200 g/mol. The van der Waals surface area contributed by atoms with Crippen LogP contribution >= 0.6 is 11.6 Å². The fraction of sp³-hybridized carbons (Fsp3) is 0.556. The zero-order valence-electron chi connectivity index (χ0n) is 8.09. The maximum Gasteiger partial charge on any atom is 0.257 e. The lowest BCUT2D eigenvalue weighted by atomic mass is 10.3. The van der Waals surface area contributed by atoms with Crippen LogP contribution in [0.3, 0.4) is 0 Å². The van der Waals surface area contributed by atoms with E-state index in [1.54, 1.807) is 13.8 Å². The van der Waals surface area contributed by atoms with E-state index >= 15 is 0 Å². The average Bonchev–Trinajstić information content (AvgIpc) is 2.09. The van der Waals surface area contributed by atoms with Crippen LogP contribution < -0.4 is 5.56 Å². The minimum Gasteiger partial charge on any atom is -0.283 e. The average molecular weight is 201 g/mol. The van der Waals surface area contributed by atoms with Gasteiger partial charge >= 0.3 is 0 Å². The molecule has 1 rings (SSSR count). The lowest BCUT2D eigenvalue weighted by Crippen LogP contribution is -2.25. The normalized spacial score (nSPS) is 10.5. The molecule has 0 fully saturated rings. The van der Waals surface area contributed by atoms with Crippen molar-refractivity contribution in [1.29, 1.82) is 0 Å². The Labute approximate surface area is 82.4 Å². The van der Waals surface area contributed by atoms with Crippen molar-refractivity contribution in [3.05, 3.63) is 26.9 Å². The van der Waals surface area contributed by atoms with E-state index in [-0.39, 0.29) is 10.8 Å². The second-order valence-electron chi connectivity index (χ2n) is 3.05. The fourth-order valence-corrected chi connectivity index (χ4v) is 1.43. The van der Waals surface area contributed by atoms with Crippen LogP contribution in [0.15, 0.2) is 4.79 Å². The van der Waals surface area contributed by atoms with E-state index in [0.717, 1.165) is 6.42 Å². The predicted molar refractivity (Wildman–Crippen MR) is 53.3 cm³/mol. The summed E-state index contributed by atoms with van der Waals surface area (Å²) >= 11 is 5.84. The van der Waals surface area contributed by atoms with Gasteiger partial charge in [0.25, 0.3) is 5.56 Å². The first-order valence-corrected chi connectivity index (χ1v) is 4.69. The highest BCUT2D eigenvalue weighted by Crippen LogP contribution is 2.06. The molecule has 0 aliphatic rings. The Morgan fingerprint density at radius 1 is 1.46 bits per heavy atom. The summed E-state index contributed by atoms with van der Waals surface area (Å²) in [6, 6.07) is 0. The van der Waals surface area contributed by atoms with Crippen molar-refractivity contribution >= 4 is 11.6 Å². The first-order chi connectivity index (χ1) is 6.07. The Morgan fingerprint density at radius 2 is 2.08 bits per heavy atom. The second kappa shape index (κ2) is 3.92. The van der Waals surface area contributed by atoms with Gasteiger partial charge in [0.2, 0.25) is 5.28 Å². The van der Waals surface area contributed by atoms with E-state index in [0.29, 0.717) is 17.8 Å². The highest BCUT2D eigenvalue weighted by atomic mass is 35.5. The molecule has 1 aromatic heterocycles. The van der Waals surface area contributed by atoms with Crippen molar-refractivity contribution in [2.75, 3.05) is 0 Å². The Morgan fingerprint density at radius 3 is 2.62 bits per heavy atom. The zero-order valence-corrected chi connectivity index (χ0v) is 8.85. The number of rotatable bonds is 2.